The molecular formula is C19H20N2O. The number of Topliss-reactive ketones (excluding diaryl/α,β-unsaturated/α-hetero) is 1. The van der Waals surface area contributed by atoms with Gasteiger partial charge in [-0.25, -0.2) is 0 Å². The van der Waals surface area contributed by atoms with Crippen molar-refractivity contribution in [2.75, 3.05) is 5.32 Å². The second-order valence-electron chi connectivity index (χ2n) is 5.73. The van der Waals surface area contributed by atoms with Gasteiger partial charge in [-0.05, 0) is 44.0 Å². The summed E-state index contributed by atoms with van der Waals surface area (Å²) in [6.45, 7) is 6.05. The molecule has 0 bridgehead atoms. The molecular weight excluding hydrogens is 272 g/mol. The lowest BCUT2D eigenvalue weighted by Gasteiger charge is -2.17. The molecule has 3 rings (SSSR count). The monoisotopic (exact) mass is 292 g/mol. The Bertz CT molecular complexity index is 832. The molecule has 0 saturated carbocycles. The number of aromatic amines is 1. The Morgan fingerprint density at radius 2 is 1.86 bits per heavy atom. The van der Waals surface area contributed by atoms with Gasteiger partial charge in [0.1, 0.15) is 0 Å². The van der Waals surface area contributed by atoms with Crippen molar-refractivity contribution < 1.29 is 4.79 Å². The molecule has 1 aromatic heterocycles. The second kappa shape index (κ2) is 5.68. The van der Waals surface area contributed by atoms with Crippen molar-refractivity contribution in [1.29, 1.82) is 0 Å². The van der Waals surface area contributed by atoms with Gasteiger partial charge in [0.2, 0.25) is 0 Å². The van der Waals surface area contributed by atoms with Crippen LogP contribution < -0.4 is 5.32 Å². The minimum Gasteiger partial charge on any atom is -0.375 e. The van der Waals surface area contributed by atoms with E-state index in [1.165, 1.54) is 11.1 Å². The topological polar surface area (TPSA) is 44.9 Å². The minimum atomic E-state index is -0.278. The lowest BCUT2D eigenvalue weighted by atomic mass is 10.0. The molecule has 0 unspecified atom stereocenters. The molecule has 0 amide bonds. The third-order valence-corrected chi connectivity index (χ3v) is 4.22. The van der Waals surface area contributed by atoms with E-state index in [2.05, 4.69) is 30.2 Å². The number of carbonyl (C=O) groups is 1. The van der Waals surface area contributed by atoms with Gasteiger partial charge >= 0.3 is 0 Å². The van der Waals surface area contributed by atoms with Crippen LogP contribution >= 0.6 is 0 Å². The molecule has 0 saturated heterocycles. The van der Waals surface area contributed by atoms with Crippen LogP contribution in [-0.2, 0) is 0 Å². The number of hydrogen-bond acceptors (Lipinski definition) is 2. The fourth-order valence-electron chi connectivity index (χ4n) is 2.71. The molecule has 2 N–H and O–H groups in total. The van der Waals surface area contributed by atoms with Crippen molar-refractivity contribution in [2.45, 2.75) is 26.8 Å². The molecule has 3 heteroatoms. The summed E-state index contributed by atoms with van der Waals surface area (Å²) in [5, 5.41) is 4.31. The third kappa shape index (κ3) is 2.50. The van der Waals surface area contributed by atoms with Gasteiger partial charge in [-0.2, -0.15) is 0 Å². The summed E-state index contributed by atoms with van der Waals surface area (Å²) < 4.78 is 0. The van der Waals surface area contributed by atoms with Gasteiger partial charge in [-0.1, -0.05) is 30.3 Å². The van der Waals surface area contributed by atoms with Crippen LogP contribution in [0.2, 0.25) is 0 Å². The van der Waals surface area contributed by atoms with Crippen LogP contribution in [0.1, 0.15) is 28.4 Å². The molecule has 22 heavy (non-hydrogen) atoms. The molecule has 3 aromatic rings. The summed E-state index contributed by atoms with van der Waals surface area (Å²) in [7, 11) is 0. The zero-order chi connectivity index (χ0) is 15.7. The lowest BCUT2D eigenvalue weighted by molar-refractivity contribution is 0.0977. The molecule has 0 aliphatic rings. The minimum absolute atomic E-state index is 0.0957. The second-order valence-corrected chi connectivity index (χ2v) is 5.73. The highest BCUT2D eigenvalue weighted by atomic mass is 16.1. The van der Waals surface area contributed by atoms with Crippen molar-refractivity contribution in [3.63, 3.8) is 0 Å². The zero-order valence-corrected chi connectivity index (χ0v) is 13.1. The Hall–Kier alpha value is -2.55. The number of fused-ring (bicyclic) bond motifs is 1. The fraction of sp³-hybridized carbons (Fsp3) is 0.211. The molecule has 0 radical (unpaired) electrons. The first-order chi connectivity index (χ1) is 10.6. The summed E-state index contributed by atoms with van der Waals surface area (Å²) in [4.78, 5) is 15.9. The van der Waals surface area contributed by atoms with Gasteiger partial charge in [-0.15, -0.1) is 0 Å². The SMILES string of the molecule is Cc1cccc(N[C@@H](C)C(=O)c2c[nH]c3ccccc23)c1C. The summed E-state index contributed by atoms with van der Waals surface area (Å²) >= 11 is 0. The van der Waals surface area contributed by atoms with Crippen LogP contribution in [-0.4, -0.2) is 16.8 Å². The highest BCUT2D eigenvalue weighted by Crippen LogP contribution is 2.22. The molecule has 1 heterocycles. The Morgan fingerprint density at radius 1 is 1.09 bits per heavy atom. The Kier molecular flexibility index (Phi) is 3.72. The zero-order valence-electron chi connectivity index (χ0n) is 13.1. The van der Waals surface area contributed by atoms with Crippen LogP contribution in [0.5, 0.6) is 0 Å². The average Bonchev–Trinajstić information content (AvgIpc) is 2.95. The first kappa shape index (κ1) is 14.4. The van der Waals surface area contributed by atoms with E-state index in [-0.39, 0.29) is 11.8 Å². The lowest BCUT2D eigenvalue weighted by Crippen LogP contribution is -2.26. The standard InChI is InChI=1S/C19H20N2O/c1-12-7-6-10-17(13(12)2)21-14(3)19(22)16-11-20-18-9-5-4-8-15(16)18/h4-11,14,20-21H,1-3H3/t14-/m0/s1. The van der Waals surface area contributed by atoms with E-state index in [9.17, 15) is 4.79 Å². The first-order valence-electron chi connectivity index (χ1n) is 7.51. The smallest absolute Gasteiger partial charge is 0.186 e. The van der Waals surface area contributed by atoms with E-state index >= 15 is 0 Å². The number of anilines is 1. The number of hydrogen-bond donors (Lipinski definition) is 2. The third-order valence-electron chi connectivity index (χ3n) is 4.22. The number of benzene rings is 2. The first-order valence-corrected chi connectivity index (χ1v) is 7.51. The summed E-state index contributed by atoms with van der Waals surface area (Å²) in [5.74, 6) is 0.0957. The van der Waals surface area contributed by atoms with Crippen molar-refractivity contribution in [2.24, 2.45) is 0 Å². The molecule has 1 atom stereocenters. The van der Waals surface area contributed by atoms with E-state index in [0.29, 0.717) is 0 Å². The van der Waals surface area contributed by atoms with Crippen molar-refractivity contribution in [3.05, 3.63) is 65.4 Å². The predicted molar refractivity (Wildman–Crippen MR) is 91.6 cm³/mol. The Morgan fingerprint density at radius 3 is 2.68 bits per heavy atom. The highest BCUT2D eigenvalue weighted by molar-refractivity contribution is 6.11. The molecule has 0 aliphatic heterocycles. The number of ketones is 1. The maximum Gasteiger partial charge on any atom is 0.186 e. The van der Waals surface area contributed by atoms with Crippen LogP contribution in [0.15, 0.2) is 48.7 Å². The summed E-state index contributed by atoms with van der Waals surface area (Å²) in [5.41, 5.74) is 5.14. The fourth-order valence-corrected chi connectivity index (χ4v) is 2.71. The van der Waals surface area contributed by atoms with E-state index in [0.717, 1.165) is 22.2 Å². The molecule has 0 spiro atoms. The van der Waals surface area contributed by atoms with Crippen molar-refractivity contribution in [3.8, 4) is 0 Å². The molecule has 0 aliphatic carbocycles. The van der Waals surface area contributed by atoms with Crippen LogP contribution in [0, 0.1) is 13.8 Å². The Balaban J connectivity index is 1.87. The average molecular weight is 292 g/mol. The number of H-pyrrole nitrogens is 1. The molecule has 2 aromatic carbocycles. The summed E-state index contributed by atoms with van der Waals surface area (Å²) in [6, 6.07) is 13.7. The highest BCUT2D eigenvalue weighted by Gasteiger charge is 2.19. The number of carbonyl (C=O) groups excluding carboxylic acids is 1. The van der Waals surface area contributed by atoms with Gasteiger partial charge in [0.25, 0.3) is 0 Å². The molecule has 3 nitrogen and oxygen atoms in total. The molecule has 112 valence electrons. The number of rotatable bonds is 4. The van der Waals surface area contributed by atoms with Gasteiger partial charge < -0.3 is 10.3 Å². The predicted octanol–water partition coefficient (Wildman–Crippen LogP) is 4.47. The van der Waals surface area contributed by atoms with Crippen LogP contribution in [0.3, 0.4) is 0 Å². The normalized spacial score (nSPS) is 12.3. The van der Waals surface area contributed by atoms with Gasteiger partial charge in [0.15, 0.2) is 5.78 Å². The number of aryl methyl sites for hydroxylation is 1. The van der Waals surface area contributed by atoms with Gasteiger partial charge in [0.05, 0.1) is 6.04 Å². The van der Waals surface area contributed by atoms with Crippen LogP contribution in [0.25, 0.3) is 10.9 Å². The van der Waals surface area contributed by atoms with Gasteiger partial charge in [0, 0.05) is 28.4 Å². The van der Waals surface area contributed by atoms with Crippen LogP contribution in [0.4, 0.5) is 5.69 Å². The van der Waals surface area contributed by atoms with E-state index in [1.807, 2.05) is 43.3 Å². The largest absolute Gasteiger partial charge is 0.375 e. The molecule has 0 fully saturated rings. The van der Waals surface area contributed by atoms with Gasteiger partial charge in [-0.3, -0.25) is 4.79 Å². The number of nitrogens with one attached hydrogen (secondary N) is 2. The van der Waals surface area contributed by atoms with Crippen molar-refractivity contribution in [1.82, 2.24) is 4.98 Å². The van der Waals surface area contributed by atoms with E-state index in [1.54, 1.807) is 6.20 Å². The van der Waals surface area contributed by atoms with E-state index < -0.39 is 0 Å². The number of para-hydroxylation sites is 1. The van der Waals surface area contributed by atoms with Crippen molar-refractivity contribution >= 4 is 22.4 Å². The van der Waals surface area contributed by atoms with E-state index in [4.69, 9.17) is 0 Å². The Labute approximate surface area is 130 Å². The summed E-state index contributed by atoms with van der Waals surface area (Å²) in [6.07, 6.45) is 1.80. The maximum atomic E-state index is 12.7. The quantitative estimate of drug-likeness (QED) is 0.697. The maximum absolute atomic E-state index is 12.7. The number of aromatic nitrogens is 1.